The van der Waals surface area contributed by atoms with Gasteiger partial charge in [0.15, 0.2) is 5.58 Å². The van der Waals surface area contributed by atoms with E-state index in [9.17, 15) is 14.4 Å². The van der Waals surface area contributed by atoms with Gasteiger partial charge < -0.3 is 19.8 Å². The molecule has 0 spiro atoms. The van der Waals surface area contributed by atoms with Gasteiger partial charge in [-0.1, -0.05) is 12.1 Å². The molecule has 4 rings (SSSR count). The van der Waals surface area contributed by atoms with Crippen LogP contribution in [0, 0.1) is 0 Å². The van der Waals surface area contributed by atoms with Crippen LogP contribution >= 0.6 is 0 Å². The predicted molar refractivity (Wildman–Crippen MR) is 122 cm³/mol. The van der Waals surface area contributed by atoms with Crippen molar-refractivity contribution >= 4 is 34.3 Å². The van der Waals surface area contributed by atoms with Crippen LogP contribution in [-0.4, -0.2) is 33.3 Å². The fraction of sp³-hybridized carbons (Fsp3) is 0.217. The molecule has 0 aliphatic rings. The number of aromatic nitrogens is 3. The van der Waals surface area contributed by atoms with Gasteiger partial charge in [0.1, 0.15) is 12.3 Å². The van der Waals surface area contributed by atoms with Gasteiger partial charge in [-0.25, -0.2) is 4.79 Å². The molecule has 2 amide bonds. The van der Waals surface area contributed by atoms with E-state index < -0.39 is 5.76 Å². The van der Waals surface area contributed by atoms with E-state index in [0.29, 0.717) is 41.2 Å². The summed E-state index contributed by atoms with van der Waals surface area (Å²) in [5, 5.41) is 9.63. The lowest BCUT2D eigenvalue weighted by molar-refractivity contribution is -0.117. The second-order valence-corrected chi connectivity index (χ2v) is 7.34. The molecule has 170 valence electrons. The minimum atomic E-state index is -0.439. The molecule has 0 saturated heterocycles. The molecule has 0 bridgehead atoms. The largest absolute Gasteiger partial charge is 0.497 e. The maximum absolute atomic E-state index is 12.3. The maximum Gasteiger partial charge on any atom is 0.419 e. The van der Waals surface area contributed by atoms with Crippen LogP contribution in [0.3, 0.4) is 0 Å². The van der Waals surface area contributed by atoms with Crippen molar-refractivity contribution in [3.05, 3.63) is 71.5 Å². The zero-order valence-electron chi connectivity index (χ0n) is 18.0. The topological polar surface area (TPSA) is 120 Å². The third-order valence-corrected chi connectivity index (χ3v) is 4.96. The molecule has 2 aromatic carbocycles. The lowest BCUT2D eigenvalue weighted by Gasteiger charge is -2.06. The van der Waals surface area contributed by atoms with Gasteiger partial charge in [0.2, 0.25) is 11.8 Å². The molecule has 0 aliphatic carbocycles. The summed E-state index contributed by atoms with van der Waals surface area (Å²) in [4.78, 5) is 36.5. The number of carbonyl (C=O) groups excluding carboxylic acids is 2. The van der Waals surface area contributed by atoms with E-state index in [1.807, 2.05) is 6.07 Å². The number of anilines is 2. The summed E-state index contributed by atoms with van der Waals surface area (Å²) in [5.74, 6) is -0.201. The highest BCUT2D eigenvalue weighted by Gasteiger charge is 2.11. The Bertz CT molecular complexity index is 1320. The Morgan fingerprint density at radius 3 is 2.58 bits per heavy atom. The molecule has 0 aliphatic heterocycles. The van der Waals surface area contributed by atoms with Gasteiger partial charge in [0.25, 0.3) is 0 Å². The summed E-state index contributed by atoms with van der Waals surface area (Å²) in [7, 11) is 1.57. The van der Waals surface area contributed by atoms with Crippen LogP contribution in [0.25, 0.3) is 11.1 Å². The van der Waals surface area contributed by atoms with Crippen LogP contribution < -0.4 is 21.1 Å². The lowest BCUT2D eigenvalue weighted by Crippen LogP contribution is -2.19. The van der Waals surface area contributed by atoms with Crippen molar-refractivity contribution in [3.8, 4) is 5.75 Å². The van der Waals surface area contributed by atoms with Crippen LogP contribution in [-0.2, 0) is 22.7 Å². The molecule has 4 aromatic rings. The van der Waals surface area contributed by atoms with Gasteiger partial charge in [-0.05, 0) is 42.8 Å². The number of carbonyl (C=O) groups is 2. The highest BCUT2D eigenvalue weighted by atomic mass is 16.5. The van der Waals surface area contributed by atoms with E-state index in [1.165, 1.54) is 15.4 Å². The van der Waals surface area contributed by atoms with Crippen molar-refractivity contribution in [1.82, 2.24) is 14.3 Å². The molecule has 0 fully saturated rings. The number of aryl methyl sites for hydroxylation is 1. The number of amides is 2. The molecule has 2 N–H and O–H groups in total. The highest BCUT2D eigenvalue weighted by molar-refractivity contribution is 5.91. The average Bonchev–Trinajstić information content (AvgIpc) is 3.37. The molecule has 2 heterocycles. The van der Waals surface area contributed by atoms with Crippen LogP contribution in [0.15, 0.2) is 70.1 Å². The highest BCUT2D eigenvalue weighted by Crippen LogP contribution is 2.15. The van der Waals surface area contributed by atoms with Crippen LogP contribution in [0.5, 0.6) is 5.75 Å². The molecular weight excluding hydrogens is 426 g/mol. The van der Waals surface area contributed by atoms with E-state index >= 15 is 0 Å². The van der Waals surface area contributed by atoms with Crippen molar-refractivity contribution in [2.75, 3.05) is 17.7 Å². The molecular formula is C23H23N5O5. The summed E-state index contributed by atoms with van der Waals surface area (Å²) < 4.78 is 13.2. The summed E-state index contributed by atoms with van der Waals surface area (Å²) in [5.41, 5.74) is 2.36. The number of fused-ring (bicyclic) bond motifs is 1. The molecule has 10 nitrogen and oxygen atoms in total. The Balaban J connectivity index is 1.24. The summed E-state index contributed by atoms with van der Waals surface area (Å²) in [6, 6.07) is 14.2. The van der Waals surface area contributed by atoms with E-state index in [0.717, 1.165) is 0 Å². The molecule has 33 heavy (non-hydrogen) atoms. The Labute approximate surface area is 188 Å². The number of para-hydroxylation sites is 2. The van der Waals surface area contributed by atoms with Gasteiger partial charge in [0.05, 0.1) is 24.5 Å². The fourth-order valence-corrected chi connectivity index (χ4v) is 3.38. The van der Waals surface area contributed by atoms with Gasteiger partial charge >= 0.3 is 5.76 Å². The second-order valence-electron chi connectivity index (χ2n) is 7.34. The Morgan fingerprint density at radius 1 is 1.03 bits per heavy atom. The first kappa shape index (κ1) is 21.9. The van der Waals surface area contributed by atoms with E-state index in [4.69, 9.17) is 9.15 Å². The summed E-state index contributed by atoms with van der Waals surface area (Å²) in [6.45, 7) is 0.368. The normalized spacial score (nSPS) is 10.8. The first-order chi connectivity index (χ1) is 16.0. The number of rotatable bonds is 9. The van der Waals surface area contributed by atoms with Crippen molar-refractivity contribution < 1.29 is 18.7 Å². The number of ether oxygens (including phenoxy) is 1. The quantitative estimate of drug-likeness (QED) is 0.405. The number of hydrogen-bond acceptors (Lipinski definition) is 6. The zero-order chi connectivity index (χ0) is 23.2. The predicted octanol–water partition coefficient (Wildman–Crippen LogP) is 2.86. The number of nitrogens with one attached hydrogen (secondary N) is 2. The smallest absolute Gasteiger partial charge is 0.419 e. The van der Waals surface area contributed by atoms with Gasteiger partial charge in [-0.2, -0.15) is 5.10 Å². The first-order valence-electron chi connectivity index (χ1n) is 10.4. The standard InChI is InChI=1S/C23H23N5O5/c1-32-18-10-8-16(9-11-18)25-22(30)15-27-14-17(13-24-27)26-21(29)7-4-12-28-19-5-2-3-6-20(19)33-23(28)31/h2-3,5-6,8-11,13-14H,4,7,12,15H2,1H3,(H,25,30)(H,26,29). The third-order valence-electron chi connectivity index (χ3n) is 4.96. The Morgan fingerprint density at radius 2 is 1.79 bits per heavy atom. The SMILES string of the molecule is COc1ccc(NC(=O)Cn2cc(NC(=O)CCCn3c(=O)oc4ccccc43)cn2)cc1. The van der Waals surface area contributed by atoms with Gasteiger partial charge in [-0.15, -0.1) is 0 Å². The van der Waals surface area contributed by atoms with E-state index in [1.54, 1.807) is 55.8 Å². The van der Waals surface area contributed by atoms with Crippen molar-refractivity contribution in [2.45, 2.75) is 25.9 Å². The van der Waals surface area contributed by atoms with Crippen LogP contribution in [0.4, 0.5) is 11.4 Å². The number of nitrogens with zero attached hydrogens (tertiary/aromatic N) is 3. The van der Waals surface area contributed by atoms with Crippen LogP contribution in [0.1, 0.15) is 12.8 Å². The molecule has 0 atom stereocenters. The number of benzene rings is 2. The fourth-order valence-electron chi connectivity index (χ4n) is 3.38. The number of methoxy groups -OCH3 is 1. The maximum atomic E-state index is 12.3. The number of oxazole rings is 1. The van der Waals surface area contributed by atoms with E-state index in [2.05, 4.69) is 15.7 Å². The summed E-state index contributed by atoms with van der Waals surface area (Å²) >= 11 is 0. The van der Waals surface area contributed by atoms with Crippen LogP contribution in [0.2, 0.25) is 0 Å². The second kappa shape index (κ2) is 9.86. The zero-order valence-corrected chi connectivity index (χ0v) is 18.0. The van der Waals surface area contributed by atoms with Gasteiger partial charge in [-0.3, -0.25) is 18.8 Å². The minimum absolute atomic E-state index is 0.00161. The first-order valence-corrected chi connectivity index (χ1v) is 10.4. The van der Waals surface area contributed by atoms with E-state index in [-0.39, 0.29) is 24.8 Å². The monoisotopic (exact) mass is 449 g/mol. The number of hydrogen-bond donors (Lipinski definition) is 2. The van der Waals surface area contributed by atoms with Gasteiger partial charge in [0, 0.05) is 24.8 Å². The summed E-state index contributed by atoms with van der Waals surface area (Å²) in [6.07, 6.45) is 3.75. The minimum Gasteiger partial charge on any atom is -0.497 e. The molecule has 0 saturated carbocycles. The molecule has 2 aromatic heterocycles. The lowest BCUT2D eigenvalue weighted by atomic mass is 10.2. The third kappa shape index (κ3) is 5.48. The Hall–Kier alpha value is -4.34. The van der Waals surface area contributed by atoms with Crippen molar-refractivity contribution in [2.24, 2.45) is 0 Å². The van der Waals surface area contributed by atoms with Crippen molar-refractivity contribution in [3.63, 3.8) is 0 Å². The molecule has 0 unspecified atom stereocenters. The average molecular weight is 449 g/mol. The molecule has 10 heteroatoms. The van der Waals surface area contributed by atoms with Crippen molar-refractivity contribution in [1.29, 1.82) is 0 Å². The Kier molecular flexibility index (Phi) is 6.53. The molecule has 0 radical (unpaired) electrons.